The first-order valence-electron chi connectivity index (χ1n) is 4.61. The molecule has 1 aliphatic carbocycles. The van der Waals surface area contributed by atoms with Crippen LogP contribution < -0.4 is 0 Å². The van der Waals surface area contributed by atoms with E-state index in [1.54, 1.807) is 0 Å². The van der Waals surface area contributed by atoms with Crippen LogP contribution in [0.5, 0.6) is 0 Å². The lowest BCUT2D eigenvalue weighted by Gasteiger charge is -2.31. The van der Waals surface area contributed by atoms with Crippen LogP contribution in [0.2, 0.25) is 0 Å². The monoisotopic (exact) mass is 238 g/mol. The van der Waals surface area contributed by atoms with Crippen molar-refractivity contribution in [2.24, 2.45) is 5.92 Å². The molecule has 0 saturated heterocycles. The fourth-order valence-electron chi connectivity index (χ4n) is 1.44. The molecule has 6 heteroatoms. The minimum Gasteiger partial charge on any atom is -0.481 e. The van der Waals surface area contributed by atoms with Crippen LogP contribution in [0.25, 0.3) is 0 Å². The molecule has 0 spiro atoms. The molecule has 0 amide bonds. The maximum atomic E-state index is 11.2. The van der Waals surface area contributed by atoms with Gasteiger partial charge in [0.25, 0.3) is 0 Å². The van der Waals surface area contributed by atoms with Crippen molar-refractivity contribution in [3.63, 3.8) is 0 Å². The van der Waals surface area contributed by atoms with Gasteiger partial charge in [-0.25, -0.2) is 9.59 Å². The van der Waals surface area contributed by atoms with E-state index in [0.29, 0.717) is 0 Å². The first-order chi connectivity index (χ1) is 7.94. The summed E-state index contributed by atoms with van der Waals surface area (Å²) in [5, 5.41) is 18.0. The van der Waals surface area contributed by atoms with Crippen molar-refractivity contribution in [2.75, 3.05) is 0 Å². The average Bonchev–Trinajstić information content (AvgIpc) is 2.28. The molecule has 0 radical (unpaired) electrons. The molecular formula is C11H10O6. The van der Waals surface area contributed by atoms with Gasteiger partial charge in [0, 0.05) is 6.08 Å². The Morgan fingerprint density at radius 3 is 2.41 bits per heavy atom. The number of carbonyl (C=O) groups excluding carboxylic acids is 1. The third-order valence-electron chi connectivity index (χ3n) is 2.26. The van der Waals surface area contributed by atoms with Crippen molar-refractivity contribution in [3.8, 4) is 0 Å². The Morgan fingerprint density at radius 1 is 1.29 bits per heavy atom. The average molecular weight is 238 g/mol. The summed E-state index contributed by atoms with van der Waals surface area (Å²) < 4.78 is 4.69. The Labute approximate surface area is 96.5 Å². The summed E-state index contributed by atoms with van der Waals surface area (Å²) in [6.07, 6.45) is 5.63. The fraction of sp³-hybridized carbons (Fsp3) is 0.182. The number of ether oxygens (including phenoxy) is 1. The maximum Gasteiger partial charge on any atom is 0.353 e. The minimum absolute atomic E-state index is 0.774. The Morgan fingerprint density at radius 2 is 1.94 bits per heavy atom. The highest BCUT2D eigenvalue weighted by atomic mass is 16.6. The molecule has 17 heavy (non-hydrogen) atoms. The topological polar surface area (TPSA) is 101 Å². The number of rotatable bonds is 4. The molecule has 0 saturated carbocycles. The smallest absolute Gasteiger partial charge is 0.353 e. The zero-order valence-corrected chi connectivity index (χ0v) is 8.70. The molecule has 0 heterocycles. The molecule has 0 aromatic rings. The van der Waals surface area contributed by atoms with E-state index >= 15 is 0 Å². The number of esters is 1. The van der Waals surface area contributed by atoms with E-state index in [0.717, 1.165) is 18.2 Å². The van der Waals surface area contributed by atoms with E-state index in [2.05, 4.69) is 11.3 Å². The summed E-state index contributed by atoms with van der Waals surface area (Å²) in [7, 11) is 0. The van der Waals surface area contributed by atoms with Crippen molar-refractivity contribution in [2.45, 2.75) is 5.60 Å². The molecule has 0 aromatic heterocycles. The molecule has 0 aromatic carbocycles. The second-order valence-corrected chi connectivity index (χ2v) is 3.28. The molecular weight excluding hydrogens is 228 g/mol. The van der Waals surface area contributed by atoms with Gasteiger partial charge in [0.15, 0.2) is 0 Å². The van der Waals surface area contributed by atoms with Gasteiger partial charge in [0.2, 0.25) is 5.60 Å². The van der Waals surface area contributed by atoms with E-state index in [4.69, 9.17) is 10.2 Å². The van der Waals surface area contributed by atoms with Crippen molar-refractivity contribution in [1.29, 1.82) is 0 Å². The fourth-order valence-corrected chi connectivity index (χ4v) is 1.44. The summed E-state index contributed by atoms with van der Waals surface area (Å²) in [6.45, 7) is 3.13. The standard InChI is InChI=1S/C11H10O6/c1-2-8(12)17-11(10(15)16)6-4-3-5-7(11)9(13)14/h2-7H,1H2,(H,13,14)(H,15,16). The van der Waals surface area contributed by atoms with Crippen LogP contribution in [0.1, 0.15) is 0 Å². The van der Waals surface area contributed by atoms with Crippen LogP contribution in [0.15, 0.2) is 37.0 Å². The van der Waals surface area contributed by atoms with Gasteiger partial charge < -0.3 is 14.9 Å². The van der Waals surface area contributed by atoms with Gasteiger partial charge >= 0.3 is 17.9 Å². The second kappa shape index (κ2) is 4.65. The lowest BCUT2D eigenvalue weighted by Crippen LogP contribution is -2.51. The molecule has 0 aliphatic heterocycles. The number of hydrogen-bond acceptors (Lipinski definition) is 4. The van der Waals surface area contributed by atoms with Gasteiger partial charge in [-0.1, -0.05) is 24.8 Å². The van der Waals surface area contributed by atoms with Gasteiger partial charge in [-0.3, -0.25) is 4.79 Å². The van der Waals surface area contributed by atoms with Crippen LogP contribution in [0.3, 0.4) is 0 Å². The maximum absolute atomic E-state index is 11.2. The molecule has 2 unspecified atom stereocenters. The molecule has 1 rings (SSSR count). The Bertz CT molecular complexity index is 433. The van der Waals surface area contributed by atoms with E-state index in [-0.39, 0.29) is 0 Å². The largest absolute Gasteiger partial charge is 0.481 e. The summed E-state index contributed by atoms with van der Waals surface area (Å²) in [6, 6.07) is 0. The highest BCUT2D eigenvalue weighted by Crippen LogP contribution is 2.29. The first-order valence-corrected chi connectivity index (χ1v) is 4.61. The van der Waals surface area contributed by atoms with Crippen LogP contribution in [-0.4, -0.2) is 33.7 Å². The Balaban J connectivity index is 3.21. The highest BCUT2D eigenvalue weighted by molar-refractivity contribution is 5.93. The van der Waals surface area contributed by atoms with E-state index < -0.39 is 29.4 Å². The molecule has 2 atom stereocenters. The number of hydrogen-bond donors (Lipinski definition) is 2. The molecule has 90 valence electrons. The predicted octanol–water partition coefficient (Wildman–Crippen LogP) is 0.366. The SMILES string of the molecule is C=CC(=O)OC1(C(=O)O)C=CC=CC1C(=O)O. The van der Waals surface area contributed by atoms with Crippen LogP contribution >= 0.6 is 0 Å². The van der Waals surface area contributed by atoms with E-state index in [1.165, 1.54) is 12.2 Å². The van der Waals surface area contributed by atoms with Gasteiger partial charge in [-0.15, -0.1) is 0 Å². The molecule has 0 fully saturated rings. The quantitative estimate of drug-likeness (QED) is 0.542. The molecule has 6 nitrogen and oxygen atoms in total. The number of carbonyl (C=O) groups is 3. The molecule has 0 bridgehead atoms. The highest BCUT2D eigenvalue weighted by Gasteiger charge is 2.51. The summed E-state index contributed by atoms with van der Waals surface area (Å²) in [5.41, 5.74) is -2.23. The van der Waals surface area contributed by atoms with Gasteiger partial charge in [-0.2, -0.15) is 0 Å². The summed E-state index contributed by atoms with van der Waals surface area (Å²) in [5.74, 6) is -5.43. The number of aliphatic carboxylic acids is 2. The third kappa shape index (κ3) is 2.25. The summed E-state index contributed by atoms with van der Waals surface area (Å²) in [4.78, 5) is 33.3. The molecule has 2 N–H and O–H groups in total. The van der Waals surface area contributed by atoms with Crippen molar-refractivity contribution >= 4 is 17.9 Å². The van der Waals surface area contributed by atoms with Crippen molar-refractivity contribution in [3.05, 3.63) is 37.0 Å². The summed E-state index contributed by atoms with van der Waals surface area (Å²) >= 11 is 0. The first kappa shape index (κ1) is 12.7. The lowest BCUT2D eigenvalue weighted by atomic mass is 9.83. The van der Waals surface area contributed by atoms with Crippen LogP contribution in [0, 0.1) is 5.92 Å². The van der Waals surface area contributed by atoms with Crippen molar-refractivity contribution < 1.29 is 29.3 Å². The zero-order chi connectivity index (χ0) is 13.1. The zero-order valence-electron chi connectivity index (χ0n) is 8.70. The van der Waals surface area contributed by atoms with Crippen molar-refractivity contribution in [1.82, 2.24) is 0 Å². The number of carboxylic acids is 2. The lowest BCUT2D eigenvalue weighted by molar-refractivity contribution is -0.178. The van der Waals surface area contributed by atoms with Crippen LogP contribution in [0.4, 0.5) is 0 Å². The Hall–Kier alpha value is -2.37. The number of allylic oxidation sites excluding steroid dienone is 2. The minimum atomic E-state index is -2.23. The van der Waals surface area contributed by atoms with Gasteiger partial charge in [0.1, 0.15) is 5.92 Å². The molecule has 1 aliphatic rings. The van der Waals surface area contributed by atoms with Crippen LogP contribution in [-0.2, 0) is 19.1 Å². The normalized spacial score (nSPS) is 26.2. The Kier molecular flexibility index (Phi) is 3.47. The van der Waals surface area contributed by atoms with Gasteiger partial charge in [0.05, 0.1) is 0 Å². The van der Waals surface area contributed by atoms with E-state index in [9.17, 15) is 14.4 Å². The predicted molar refractivity (Wildman–Crippen MR) is 56.1 cm³/mol. The third-order valence-corrected chi connectivity index (χ3v) is 2.26. The second-order valence-electron chi connectivity index (χ2n) is 3.28. The van der Waals surface area contributed by atoms with E-state index in [1.807, 2.05) is 0 Å². The number of carboxylic acid groups (broad SMARTS) is 2. The van der Waals surface area contributed by atoms with Gasteiger partial charge in [-0.05, 0) is 6.08 Å².